The third-order valence-corrected chi connectivity index (χ3v) is 4.29. The van der Waals surface area contributed by atoms with Gasteiger partial charge >= 0.3 is 11.7 Å². The lowest BCUT2D eigenvalue weighted by Crippen LogP contribution is -2.34. The lowest BCUT2D eigenvalue weighted by atomic mass is 10.2. The van der Waals surface area contributed by atoms with Gasteiger partial charge < -0.3 is 20.1 Å². The molecule has 0 radical (unpaired) electrons. The van der Waals surface area contributed by atoms with E-state index < -0.39 is 6.03 Å². The number of carbonyl (C=O) groups is 1. The Morgan fingerprint density at radius 3 is 2.34 bits per heavy atom. The summed E-state index contributed by atoms with van der Waals surface area (Å²) in [5.41, 5.74) is 1.13. The van der Waals surface area contributed by atoms with Gasteiger partial charge in [0.1, 0.15) is 11.5 Å². The highest BCUT2D eigenvalue weighted by Gasteiger charge is 2.12. The largest absolute Gasteiger partial charge is 0.497 e. The van der Waals surface area contributed by atoms with Crippen LogP contribution in [0, 0.1) is 0 Å². The molecule has 0 aliphatic rings. The maximum absolute atomic E-state index is 12.4. The fourth-order valence-electron chi connectivity index (χ4n) is 2.80. The Morgan fingerprint density at radius 1 is 1.07 bits per heavy atom. The number of ether oxygens (including phenoxy) is 2. The number of urea groups is 1. The molecule has 0 spiro atoms. The number of rotatable bonds is 7. The van der Waals surface area contributed by atoms with Crippen LogP contribution in [0.3, 0.4) is 0 Å². The summed E-state index contributed by atoms with van der Waals surface area (Å²) in [5.74, 6) is 1.70. The Balaban J connectivity index is 1.61. The zero-order chi connectivity index (χ0) is 20.8. The molecule has 3 aromatic rings. The van der Waals surface area contributed by atoms with E-state index in [0.717, 1.165) is 5.56 Å². The normalized spacial score (nSPS) is 10.4. The summed E-state index contributed by atoms with van der Waals surface area (Å²) < 4.78 is 13.2. The molecule has 0 saturated carbocycles. The quantitative estimate of drug-likeness (QED) is 0.636. The van der Waals surface area contributed by atoms with Crippen molar-refractivity contribution in [2.75, 3.05) is 26.1 Å². The van der Waals surface area contributed by atoms with Crippen LogP contribution in [0.1, 0.15) is 0 Å². The number of amides is 2. The van der Waals surface area contributed by atoms with Gasteiger partial charge in [-0.1, -0.05) is 30.3 Å². The van der Waals surface area contributed by atoms with Gasteiger partial charge in [0.05, 0.1) is 20.8 Å². The molecule has 2 aromatic carbocycles. The smallest absolute Gasteiger partial charge is 0.345 e. The Morgan fingerprint density at radius 2 is 1.72 bits per heavy atom. The third kappa shape index (κ3) is 4.75. The minimum absolute atomic E-state index is 0.234. The van der Waals surface area contributed by atoms with Crippen LogP contribution in [0.15, 0.2) is 53.3 Å². The van der Waals surface area contributed by atoms with Gasteiger partial charge in [-0.3, -0.25) is 4.57 Å². The molecule has 2 N–H and O–H groups in total. The molecule has 0 aliphatic carbocycles. The van der Waals surface area contributed by atoms with Gasteiger partial charge in [0.25, 0.3) is 0 Å². The predicted octanol–water partition coefficient (Wildman–Crippen LogP) is 2.09. The number of nitrogens with one attached hydrogen (secondary N) is 2. The maximum atomic E-state index is 12.4. The summed E-state index contributed by atoms with van der Waals surface area (Å²) in [6, 6.07) is 14.1. The molecule has 29 heavy (non-hydrogen) atoms. The number of anilines is 1. The minimum Gasteiger partial charge on any atom is -0.497 e. The Kier molecular flexibility index (Phi) is 6.18. The Labute approximate surface area is 167 Å². The Hall–Kier alpha value is -3.75. The molecule has 0 saturated heterocycles. The monoisotopic (exact) mass is 397 g/mol. The second kappa shape index (κ2) is 8.96. The lowest BCUT2D eigenvalue weighted by Gasteiger charge is -2.10. The van der Waals surface area contributed by atoms with Crippen LogP contribution < -0.4 is 25.8 Å². The zero-order valence-corrected chi connectivity index (χ0v) is 16.5. The van der Waals surface area contributed by atoms with Gasteiger partial charge in [0.15, 0.2) is 5.82 Å². The summed E-state index contributed by atoms with van der Waals surface area (Å²) in [5, 5.41) is 9.79. The van der Waals surface area contributed by atoms with Gasteiger partial charge in [-0.05, 0) is 0 Å². The molecule has 2 amide bonds. The molecular weight excluding hydrogens is 374 g/mol. The van der Waals surface area contributed by atoms with E-state index in [1.54, 1.807) is 25.2 Å². The van der Waals surface area contributed by atoms with Crippen molar-refractivity contribution in [1.82, 2.24) is 19.7 Å². The zero-order valence-electron chi connectivity index (χ0n) is 16.5. The van der Waals surface area contributed by atoms with Crippen molar-refractivity contribution < 1.29 is 14.3 Å². The number of hydrogen-bond acceptors (Lipinski definition) is 5. The molecule has 0 atom stereocenters. The van der Waals surface area contributed by atoms with E-state index in [0.29, 0.717) is 23.0 Å². The second-order valence-corrected chi connectivity index (χ2v) is 6.24. The SMILES string of the molecule is COc1cc(NC(=O)NCCn2nc(-c3ccccc3)n(C)c2=O)cc(OC)c1. The number of carbonyl (C=O) groups excluding carboxylic acids is 1. The molecule has 1 aromatic heterocycles. The number of aromatic nitrogens is 3. The average molecular weight is 397 g/mol. The number of benzene rings is 2. The molecule has 0 bridgehead atoms. The van der Waals surface area contributed by atoms with E-state index >= 15 is 0 Å². The van der Waals surface area contributed by atoms with Crippen molar-refractivity contribution >= 4 is 11.7 Å². The second-order valence-electron chi connectivity index (χ2n) is 6.24. The molecule has 0 aliphatic heterocycles. The summed E-state index contributed by atoms with van der Waals surface area (Å²) in [6.07, 6.45) is 0. The Bertz CT molecular complexity index is 1020. The van der Waals surface area contributed by atoms with E-state index in [9.17, 15) is 9.59 Å². The standard InChI is InChI=1S/C20H23N5O4/c1-24-18(14-7-5-4-6-8-14)23-25(20(24)27)10-9-21-19(26)22-15-11-16(28-2)13-17(12-15)29-3/h4-8,11-13H,9-10H2,1-3H3,(H2,21,22,26). The molecule has 9 heteroatoms. The first-order valence-electron chi connectivity index (χ1n) is 8.99. The summed E-state index contributed by atoms with van der Waals surface area (Å²) >= 11 is 0. The highest BCUT2D eigenvalue weighted by atomic mass is 16.5. The number of nitrogens with zero attached hydrogens (tertiary/aromatic N) is 3. The van der Waals surface area contributed by atoms with Gasteiger partial charge in [-0.15, -0.1) is 5.10 Å². The first-order chi connectivity index (χ1) is 14.0. The average Bonchev–Trinajstić information content (AvgIpc) is 3.02. The van der Waals surface area contributed by atoms with E-state index in [2.05, 4.69) is 15.7 Å². The van der Waals surface area contributed by atoms with Crippen LogP contribution >= 0.6 is 0 Å². The van der Waals surface area contributed by atoms with Crippen LogP contribution in [-0.4, -0.2) is 41.1 Å². The van der Waals surface area contributed by atoms with Crippen molar-refractivity contribution in [2.24, 2.45) is 7.05 Å². The fraction of sp³-hybridized carbons (Fsp3) is 0.250. The summed E-state index contributed by atoms with van der Waals surface area (Å²) in [7, 11) is 4.74. The van der Waals surface area contributed by atoms with E-state index in [4.69, 9.17) is 9.47 Å². The molecular formula is C20H23N5O4. The molecule has 9 nitrogen and oxygen atoms in total. The minimum atomic E-state index is -0.410. The maximum Gasteiger partial charge on any atom is 0.345 e. The van der Waals surface area contributed by atoms with Gasteiger partial charge in [0, 0.05) is 43.0 Å². The van der Waals surface area contributed by atoms with Crippen molar-refractivity contribution in [3.8, 4) is 22.9 Å². The van der Waals surface area contributed by atoms with Crippen molar-refractivity contribution in [2.45, 2.75) is 6.54 Å². The fourth-order valence-corrected chi connectivity index (χ4v) is 2.80. The molecule has 3 rings (SSSR count). The molecule has 0 unspecified atom stereocenters. The van der Waals surface area contributed by atoms with E-state index in [1.807, 2.05) is 30.3 Å². The number of methoxy groups -OCH3 is 2. The van der Waals surface area contributed by atoms with Crippen LogP contribution in [-0.2, 0) is 13.6 Å². The van der Waals surface area contributed by atoms with Crippen LogP contribution in [0.5, 0.6) is 11.5 Å². The number of hydrogen-bond donors (Lipinski definition) is 2. The van der Waals surface area contributed by atoms with E-state index in [1.165, 1.54) is 23.5 Å². The van der Waals surface area contributed by atoms with Crippen LogP contribution in [0.25, 0.3) is 11.4 Å². The molecule has 152 valence electrons. The molecule has 0 fully saturated rings. The summed E-state index contributed by atoms with van der Waals surface area (Å²) in [6.45, 7) is 0.479. The van der Waals surface area contributed by atoms with Gasteiger partial charge in [-0.25, -0.2) is 14.3 Å². The summed E-state index contributed by atoms with van der Waals surface area (Å²) in [4.78, 5) is 24.5. The lowest BCUT2D eigenvalue weighted by molar-refractivity contribution is 0.251. The van der Waals surface area contributed by atoms with Crippen LogP contribution in [0.4, 0.5) is 10.5 Å². The predicted molar refractivity (Wildman–Crippen MR) is 109 cm³/mol. The molecule has 1 heterocycles. The first kappa shape index (κ1) is 20.0. The van der Waals surface area contributed by atoms with Crippen molar-refractivity contribution in [1.29, 1.82) is 0 Å². The third-order valence-electron chi connectivity index (χ3n) is 4.29. The van der Waals surface area contributed by atoms with Crippen molar-refractivity contribution in [3.05, 3.63) is 59.0 Å². The highest BCUT2D eigenvalue weighted by Crippen LogP contribution is 2.25. The first-order valence-corrected chi connectivity index (χ1v) is 8.99. The highest BCUT2D eigenvalue weighted by molar-refractivity contribution is 5.89. The van der Waals surface area contributed by atoms with Gasteiger partial charge in [-0.2, -0.15) is 0 Å². The van der Waals surface area contributed by atoms with E-state index in [-0.39, 0.29) is 18.8 Å². The topological polar surface area (TPSA) is 99.4 Å². The van der Waals surface area contributed by atoms with Crippen molar-refractivity contribution in [3.63, 3.8) is 0 Å². The van der Waals surface area contributed by atoms with Gasteiger partial charge in [0.2, 0.25) is 0 Å². The van der Waals surface area contributed by atoms with Crippen LogP contribution in [0.2, 0.25) is 0 Å².